The van der Waals surface area contributed by atoms with Crippen LogP contribution < -0.4 is 10.1 Å². The zero-order valence-electron chi connectivity index (χ0n) is 12.0. The standard InChI is InChI=1S/C15H20BrNO4/c1-2-3-4-13(15(19)20)17-14(18)9-10-21-12-7-5-11(16)6-8-12/h5-8,13H,2-4,9-10H2,1H3,(H,17,18)(H,19,20). The molecule has 0 aliphatic carbocycles. The Bertz CT molecular complexity index is 461. The highest BCUT2D eigenvalue weighted by Gasteiger charge is 2.18. The Hall–Kier alpha value is -1.56. The van der Waals surface area contributed by atoms with Crippen molar-refractivity contribution in [3.05, 3.63) is 28.7 Å². The van der Waals surface area contributed by atoms with E-state index in [1.165, 1.54) is 0 Å². The molecule has 0 saturated carbocycles. The Morgan fingerprint density at radius 3 is 2.57 bits per heavy atom. The van der Waals surface area contributed by atoms with Crippen LogP contribution >= 0.6 is 15.9 Å². The van der Waals surface area contributed by atoms with Crippen LogP contribution in [0.1, 0.15) is 32.6 Å². The third kappa shape index (κ3) is 7.13. The first kappa shape index (κ1) is 17.5. The van der Waals surface area contributed by atoms with Crippen LogP contribution in [0.3, 0.4) is 0 Å². The maximum atomic E-state index is 11.7. The Kier molecular flexibility index (Phi) is 7.82. The van der Waals surface area contributed by atoms with E-state index in [0.717, 1.165) is 17.3 Å². The molecule has 1 rings (SSSR count). The Morgan fingerprint density at radius 2 is 2.00 bits per heavy atom. The number of halogens is 1. The first-order chi connectivity index (χ1) is 10.0. The van der Waals surface area contributed by atoms with E-state index in [-0.39, 0.29) is 18.9 Å². The van der Waals surface area contributed by atoms with E-state index in [9.17, 15) is 9.59 Å². The first-order valence-corrected chi connectivity index (χ1v) is 7.72. The lowest BCUT2D eigenvalue weighted by molar-refractivity contribution is -0.142. The van der Waals surface area contributed by atoms with Crippen LogP contribution in [-0.4, -0.2) is 29.6 Å². The number of carboxylic acid groups (broad SMARTS) is 1. The van der Waals surface area contributed by atoms with E-state index in [0.29, 0.717) is 12.2 Å². The van der Waals surface area contributed by atoms with Crippen LogP contribution in [0.4, 0.5) is 0 Å². The van der Waals surface area contributed by atoms with E-state index in [4.69, 9.17) is 9.84 Å². The molecule has 0 fully saturated rings. The van der Waals surface area contributed by atoms with Gasteiger partial charge in [0.1, 0.15) is 11.8 Å². The van der Waals surface area contributed by atoms with E-state index >= 15 is 0 Å². The van der Waals surface area contributed by atoms with Crippen LogP contribution in [-0.2, 0) is 9.59 Å². The van der Waals surface area contributed by atoms with Gasteiger partial charge in [-0.05, 0) is 30.7 Å². The van der Waals surface area contributed by atoms with Gasteiger partial charge in [0.15, 0.2) is 0 Å². The summed E-state index contributed by atoms with van der Waals surface area (Å²) in [5.74, 6) is -0.631. The summed E-state index contributed by atoms with van der Waals surface area (Å²) >= 11 is 3.32. The molecule has 0 radical (unpaired) electrons. The van der Waals surface area contributed by atoms with Crippen LogP contribution in [0.2, 0.25) is 0 Å². The van der Waals surface area contributed by atoms with Gasteiger partial charge in [0, 0.05) is 4.47 Å². The molecule has 2 N–H and O–H groups in total. The van der Waals surface area contributed by atoms with Crippen LogP contribution in [0.5, 0.6) is 5.75 Å². The molecule has 1 atom stereocenters. The first-order valence-electron chi connectivity index (χ1n) is 6.93. The largest absolute Gasteiger partial charge is 0.493 e. The number of hydrogen-bond acceptors (Lipinski definition) is 3. The molecule has 0 aliphatic rings. The minimum Gasteiger partial charge on any atom is -0.493 e. The van der Waals surface area contributed by atoms with Gasteiger partial charge >= 0.3 is 5.97 Å². The highest BCUT2D eigenvalue weighted by Crippen LogP contribution is 2.16. The Balaban J connectivity index is 2.32. The van der Waals surface area contributed by atoms with Crippen LogP contribution in [0.15, 0.2) is 28.7 Å². The SMILES string of the molecule is CCCCC(NC(=O)CCOc1ccc(Br)cc1)C(=O)O. The lowest BCUT2D eigenvalue weighted by Gasteiger charge is -2.14. The molecule has 116 valence electrons. The number of carbonyl (C=O) groups is 2. The van der Waals surface area contributed by atoms with Crippen molar-refractivity contribution < 1.29 is 19.4 Å². The predicted molar refractivity (Wildman–Crippen MR) is 83.3 cm³/mol. The third-order valence-electron chi connectivity index (χ3n) is 2.89. The molecule has 5 nitrogen and oxygen atoms in total. The third-order valence-corrected chi connectivity index (χ3v) is 3.42. The van der Waals surface area contributed by atoms with E-state index < -0.39 is 12.0 Å². The lowest BCUT2D eigenvalue weighted by atomic mass is 10.1. The highest BCUT2D eigenvalue weighted by atomic mass is 79.9. The zero-order chi connectivity index (χ0) is 15.7. The van der Waals surface area contributed by atoms with E-state index in [1.807, 2.05) is 19.1 Å². The van der Waals surface area contributed by atoms with Crippen molar-refractivity contribution >= 4 is 27.8 Å². The molecule has 6 heteroatoms. The highest BCUT2D eigenvalue weighted by molar-refractivity contribution is 9.10. The molecule has 0 spiro atoms. The maximum Gasteiger partial charge on any atom is 0.326 e. The van der Waals surface area contributed by atoms with Crippen molar-refractivity contribution in [2.45, 2.75) is 38.6 Å². The van der Waals surface area contributed by atoms with Gasteiger partial charge in [-0.25, -0.2) is 4.79 Å². The average molecular weight is 358 g/mol. The Labute approximate surface area is 132 Å². The van der Waals surface area contributed by atoms with Crippen molar-refractivity contribution in [2.24, 2.45) is 0 Å². The molecule has 1 amide bonds. The summed E-state index contributed by atoms with van der Waals surface area (Å²) in [6.45, 7) is 2.19. The fourth-order valence-corrected chi connectivity index (χ4v) is 1.99. The second-order valence-electron chi connectivity index (χ2n) is 4.65. The second-order valence-corrected chi connectivity index (χ2v) is 5.57. The predicted octanol–water partition coefficient (Wildman–Crippen LogP) is 2.98. The smallest absolute Gasteiger partial charge is 0.326 e. The number of benzene rings is 1. The van der Waals surface area contributed by atoms with Crippen molar-refractivity contribution in [3.8, 4) is 5.75 Å². The lowest BCUT2D eigenvalue weighted by Crippen LogP contribution is -2.41. The van der Waals surface area contributed by atoms with Gasteiger partial charge in [-0.1, -0.05) is 35.7 Å². The number of aliphatic carboxylic acids is 1. The molecule has 0 heterocycles. The van der Waals surface area contributed by atoms with Crippen molar-refractivity contribution in [1.82, 2.24) is 5.32 Å². The fraction of sp³-hybridized carbons (Fsp3) is 0.467. The van der Waals surface area contributed by atoms with Gasteiger partial charge in [0.05, 0.1) is 13.0 Å². The number of hydrogen-bond donors (Lipinski definition) is 2. The summed E-state index contributed by atoms with van der Waals surface area (Å²) in [6.07, 6.45) is 2.25. The quantitative estimate of drug-likeness (QED) is 0.712. The molecular formula is C15H20BrNO4. The summed E-state index contributed by atoms with van der Waals surface area (Å²) in [7, 11) is 0. The van der Waals surface area contributed by atoms with E-state index in [2.05, 4.69) is 21.2 Å². The van der Waals surface area contributed by atoms with Gasteiger partial charge in [0.25, 0.3) is 0 Å². The maximum absolute atomic E-state index is 11.7. The minimum atomic E-state index is -0.995. The normalized spacial score (nSPS) is 11.7. The number of ether oxygens (including phenoxy) is 1. The second kappa shape index (κ2) is 9.39. The van der Waals surface area contributed by atoms with Gasteiger partial charge in [-0.3, -0.25) is 4.79 Å². The fourth-order valence-electron chi connectivity index (χ4n) is 1.72. The Morgan fingerprint density at radius 1 is 1.33 bits per heavy atom. The molecule has 0 saturated heterocycles. The number of rotatable bonds is 9. The minimum absolute atomic E-state index is 0.131. The molecular weight excluding hydrogens is 338 g/mol. The summed E-state index contributed by atoms with van der Waals surface area (Å²) < 4.78 is 6.38. The monoisotopic (exact) mass is 357 g/mol. The molecule has 1 aromatic rings. The van der Waals surface area contributed by atoms with Crippen LogP contribution in [0, 0.1) is 0 Å². The summed E-state index contributed by atoms with van der Waals surface area (Å²) in [5.41, 5.74) is 0. The molecule has 21 heavy (non-hydrogen) atoms. The summed E-state index contributed by atoms with van der Waals surface area (Å²) in [6, 6.07) is 6.47. The molecule has 1 aromatic carbocycles. The number of carboxylic acids is 1. The summed E-state index contributed by atoms with van der Waals surface area (Å²) in [4.78, 5) is 22.7. The summed E-state index contributed by atoms with van der Waals surface area (Å²) in [5, 5.41) is 11.5. The van der Waals surface area contributed by atoms with Crippen molar-refractivity contribution in [3.63, 3.8) is 0 Å². The van der Waals surface area contributed by atoms with E-state index in [1.54, 1.807) is 12.1 Å². The van der Waals surface area contributed by atoms with Gasteiger partial charge in [-0.2, -0.15) is 0 Å². The van der Waals surface area contributed by atoms with Gasteiger partial charge in [-0.15, -0.1) is 0 Å². The number of unbranched alkanes of at least 4 members (excludes halogenated alkanes) is 1. The van der Waals surface area contributed by atoms with Crippen molar-refractivity contribution in [2.75, 3.05) is 6.61 Å². The molecule has 0 bridgehead atoms. The van der Waals surface area contributed by atoms with Crippen LogP contribution in [0.25, 0.3) is 0 Å². The topological polar surface area (TPSA) is 75.6 Å². The van der Waals surface area contributed by atoms with Gasteiger partial charge < -0.3 is 15.2 Å². The molecule has 0 aliphatic heterocycles. The average Bonchev–Trinajstić information content (AvgIpc) is 2.45. The molecule has 1 unspecified atom stereocenters. The number of nitrogens with one attached hydrogen (secondary N) is 1. The zero-order valence-corrected chi connectivity index (χ0v) is 13.6. The van der Waals surface area contributed by atoms with Crippen molar-refractivity contribution in [1.29, 1.82) is 0 Å². The number of carbonyl (C=O) groups excluding carboxylic acids is 1. The molecule has 0 aromatic heterocycles. The number of amides is 1. The van der Waals surface area contributed by atoms with Gasteiger partial charge in [0.2, 0.25) is 5.91 Å².